The molecule has 0 atom stereocenters. The van der Waals surface area contributed by atoms with Crippen molar-refractivity contribution in [2.75, 3.05) is 0 Å². The molecule has 8 heteroatoms. The highest BCUT2D eigenvalue weighted by Gasteiger charge is 2.30. The molecule has 0 bridgehead atoms. The van der Waals surface area contributed by atoms with Gasteiger partial charge < -0.3 is 4.42 Å². The Balaban J connectivity index is 2.07. The van der Waals surface area contributed by atoms with E-state index < -0.39 is 10.0 Å². The van der Waals surface area contributed by atoms with Crippen LogP contribution in [0, 0.1) is 27.7 Å². The van der Waals surface area contributed by atoms with Crippen molar-refractivity contribution in [3.05, 3.63) is 52.8 Å². The summed E-state index contributed by atoms with van der Waals surface area (Å²) in [6.07, 6.45) is 1.61. The second-order valence-corrected chi connectivity index (χ2v) is 9.50. The van der Waals surface area contributed by atoms with E-state index in [4.69, 9.17) is 4.42 Å². The van der Waals surface area contributed by atoms with E-state index >= 15 is 0 Å². The van der Waals surface area contributed by atoms with E-state index in [1.165, 1.54) is 4.31 Å². The van der Waals surface area contributed by atoms with Crippen LogP contribution in [0.25, 0.3) is 11.3 Å². The molecule has 0 saturated carbocycles. The lowest BCUT2D eigenvalue weighted by Gasteiger charge is -2.27. The first-order valence-electron chi connectivity index (χ1n) is 9.56. The van der Waals surface area contributed by atoms with Gasteiger partial charge in [-0.25, -0.2) is 13.4 Å². The summed E-state index contributed by atoms with van der Waals surface area (Å²) in [4.78, 5) is 4.39. The van der Waals surface area contributed by atoms with E-state index in [-0.39, 0.29) is 17.5 Å². The average Bonchev–Trinajstić information content (AvgIpc) is 3.16. The van der Waals surface area contributed by atoms with Crippen LogP contribution < -0.4 is 0 Å². The lowest BCUT2D eigenvalue weighted by atomic mass is 10.1. The predicted octanol–water partition coefficient (Wildman–Crippen LogP) is 3.91. The highest BCUT2D eigenvalue weighted by molar-refractivity contribution is 7.89. The van der Waals surface area contributed by atoms with Crippen LogP contribution in [-0.4, -0.2) is 33.5 Å². The summed E-state index contributed by atoms with van der Waals surface area (Å²) in [5.41, 5.74) is 4.12. The Labute approximate surface area is 172 Å². The quantitative estimate of drug-likeness (QED) is 0.609. The van der Waals surface area contributed by atoms with Crippen molar-refractivity contribution < 1.29 is 12.8 Å². The second-order valence-electron chi connectivity index (χ2n) is 7.64. The molecule has 2 aromatic heterocycles. The molecule has 0 unspecified atom stereocenters. The second kappa shape index (κ2) is 7.76. The van der Waals surface area contributed by atoms with Crippen molar-refractivity contribution in [3.8, 4) is 11.3 Å². The molecule has 0 aliphatic heterocycles. The molecule has 7 nitrogen and oxygen atoms in total. The van der Waals surface area contributed by atoms with Gasteiger partial charge in [0.1, 0.15) is 0 Å². The summed E-state index contributed by atoms with van der Waals surface area (Å²) in [5.74, 6) is 1.09. The molecule has 0 amide bonds. The molecule has 0 N–H and O–H groups in total. The molecule has 1 aromatic carbocycles. The van der Waals surface area contributed by atoms with Crippen LogP contribution >= 0.6 is 0 Å². The molecule has 0 radical (unpaired) electrons. The number of oxazole rings is 1. The summed E-state index contributed by atoms with van der Waals surface area (Å²) in [5, 5.41) is 4.43. The molecular formula is C21H28N4O3S. The maximum Gasteiger partial charge on any atom is 0.243 e. The molecule has 0 aliphatic carbocycles. The zero-order chi connectivity index (χ0) is 21.5. The van der Waals surface area contributed by atoms with Gasteiger partial charge in [-0.05, 0) is 46.2 Å². The van der Waals surface area contributed by atoms with Gasteiger partial charge in [0, 0.05) is 43.4 Å². The monoisotopic (exact) mass is 416 g/mol. The first-order valence-corrected chi connectivity index (χ1v) is 11.0. The predicted molar refractivity (Wildman–Crippen MR) is 112 cm³/mol. The number of aryl methyl sites for hydroxylation is 4. The highest BCUT2D eigenvalue weighted by atomic mass is 32.2. The lowest BCUT2D eigenvalue weighted by molar-refractivity contribution is 0.346. The number of benzene rings is 1. The molecule has 2 heterocycles. The fourth-order valence-electron chi connectivity index (χ4n) is 3.40. The standard InChI is InChI=1S/C21H28N4O3S/c1-13(2)25(12-19-15(4)23-24(7)16(19)5)29(26,27)21-10-18(9-8-14(21)3)20-11-22-17(6)28-20/h8-11,13H,12H2,1-7H3. The van der Waals surface area contributed by atoms with Gasteiger partial charge in [-0.3, -0.25) is 4.68 Å². The minimum atomic E-state index is -3.74. The molecule has 156 valence electrons. The Morgan fingerprint density at radius 3 is 2.38 bits per heavy atom. The molecule has 0 spiro atoms. The van der Waals surface area contributed by atoms with Crippen LogP contribution in [0.5, 0.6) is 0 Å². The first-order chi connectivity index (χ1) is 13.5. The van der Waals surface area contributed by atoms with Gasteiger partial charge in [0.05, 0.1) is 16.8 Å². The van der Waals surface area contributed by atoms with Gasteiger partial charge in [-0.15, -0.1) is 0 Å². The van der Waals surface area contributed by atoms with Crippen molar-refractivity contribution in [3.63, 3.8) is 0 Å². The number of aromatic nitrogens is 3. The van der Waals surface area contributed by atoms with Gasteiger partial charge >= 0.3 is 0 Å². The summed E-state index contributed by atoms with van der Waals surface area (Å²) >= 11 is 0. The van der Waals surface area contributed by atoms with E-state index in [1.807, 2.05) is 40.8 Å². The topological polar surface area (TPSA) is 81.2 Å². The third kappa shape index (κ3) is 4.00. The minimum Gasteiger partial charge on any atom is -0.441 e. The van der Waals surface area contributed by atoms with Crippen molar-refractivity contribution in [2.45, 2.75) is 59.0 Å². The molecule has 0 aliphatic rings. The van der Waals surface area contributed by atoms with Crippen molar-refractivity contribution in [2.24, 2.45) is 7.05 Å². The summed E-state index contributed by atoms with van der Waals surface area (Å²) in [6, 6.07) is 5.11. The number of nitrogens with zero attached hydrogens (tertiary/aromatic N) is 4. The Hall–Kier alpha value is -2.45. The van der Waals surface area contributed by atoms with E-state index in [0.717, 1.165) is 17.0 Å². The molecule has 3 rings (SSSR count). The maximum absolute atomic E-state index is 13.7. The highest BCUT2D eigenvalue weighted by Crippen LogP contribution is 2.30. The Bertz CT molecular complexity index is 1140. The smallest absolute Gasteiger partial charge is 0.243 e. The number of hydrogen-bond acceptors (Lipinski definition) is 5. The van der Waals surface area contributed by atoms with Gasteiger partial charge in [-0.1, -0.05) is 12.1 Å². The van der Waals surface area contributed by atoms with Gasteiger partial charge in [0.15, 0.2) is 11.7 Å². The van der Waals surface area contributed by atoms with E-state index in [1.54, 1.807) is 36.9 Å². The normalized spacial score (nSPS) is 12.3. The number of hydrogen-bond donors (Lipinski definition) is 0. The third-order valence-corrected chi connectivity index (χ3v) is 7.39. The van der Waals surface area contributed by atoms with Crippen molar-refractivity contribution >= 4 is 10.0 Å². The summed E-state index contributed by atoms with van der Waals surface area (Å²) in [7, 11) is -1.87. The van der Waals surface area contributed by atoms with Crippen LogP contribution in [0.15, 0.2) is 33.7 Å². The SMILES string of the molecule is Cc1ncc(-c2ccc(C)c(S(=O)(=O)N(Cc3c(C)nn(C)c3C)C(C)C)c2)o1. The van der Waals surface area contributed by atoms with Crippen LogP contribution in [0.1, 0.15) is 42.3 Å². The molecule has 0 fully saturated rings. The van der Waals surface area contributed by atoms with Crippen LogP contribution in [-0.2, 0) is 23.6 Å². The van der Waals surface area contributed by atoms with Crippen molar-refractivity contribution in [1.29, 1.82) is 0 Å². The van der Waals surface area contributed by atoms with Gasteiger partial charge in [0.25, 0.3) is 0 Å². The molecule has 0 saturated heterocycles. The first kappa shape index (κ1) is 21.3. The molecular weight excluding hydrogens is 388 g/mol. The van der Waals surface area contributed by atoms with E-state index in [9.17, 15) is 8.42 Å². The Morgan fingerprint density at radius 1 is 1.17 bits per heavy atom. The lowest BCUT2D eigenvalue weighted by Crippen LogP contribution is -2.37. The average molecular weight is 417 g/mol. The number of rotatable bonds is 6. The van der Waals surface area contributed by atoms with E-state index in [0.29, 0.717) is 22.8 Å². The summed E-state index contributed by atoms with van der Waals surface area (Å²) < 4.78 is 36.2. The summed E-state index contributed by atoms with van der Waals surface area (Å²) in [6.45, 7) is 11.5. The van der Waals surface area contributed by atoms with Crippen LogP contribution in [0.3, 0.4) is 0 Å². The van der Waals surface area contributed by atoms with E-state index in [2.05, 4.69) is 10.1 Å². The molecule has 3 aromatic rings. The number of sulfonamides is 1. The Morgan fingerprint density at radius 2 is 1.86 bits per heavy atom. The third-order valence-electron chi connectivity index (χ3n) is 5.23. The van der Waals surface area contributed by atoms with Crippen LogP contribution in [0.2, 0.25) is 0 Å². The Kier molecular flexibility index (Phi) is 5.69. The van der Waals surface area contributed by atoms with Gasteiger partial charge in [-0.2, -0.15) is 9.40 Å². The fourth-order valence-corrected chi connectivity index (χ4v) is 5.26. The van der Waals surface area contributed by atoms with Crippen LogP contribution in [0.4, 0.5) is 0 Å². The zero-order valence-electron chi connectivity index (χ0n) is 18.0. The largest absolute Gasteiger partial charge is 0.441 e. The zero-order valence-corrected chi connectivity index (χ0v) is 18.8. The van der Waals surface area contributed by atoms with Gasteiger partial charge in [0.2, 0.25) is 10.0 Å². The molecule has 29 heavy (non-hydrogen) atoms. The maximum atomic E-state index is 13.7. The minimum absolute atomic E-state index is 0.213. The van der Waals surface area contributed by atoms with Crippen molar-refractivity contribution in [1.82, 2.24) is 19.1 Å². The fraction of sp³-hybridized carbons (Fsp3) is 0.429.